The molecule has 1 aliphatic rings. The van der Waals surface area contributed by atoms with Crippen molar-refractivity contribution in [1.29, 1.82) is 0 Å². The van der Waals surface area contributed by atoms with Gasteiger partial charge in [-0.2, -0.15) is 0 Å². The van der Waals surface area contributed by atoms with Gasteiger partial charge in [-0.25, -0.2) is 0 Å². The van der Waals surface area contributed by atoms with E-state index in [9.17, 15) is 0 Å². The van der Waals surface area contributed by atoms with Crippen molar-refractivity contribution in [2.45, 2.75) is 45.1 Å². The molecule has 17 heavy (non-hydrogen) atoms. The van der Waals surface area contributed by atoms with Crippen molar-refractivity contribution < 1.29 is 4.74 Å². The van der Waals surface area contributed by atoms with Gasteiger partial charge in [0.15, 0.2) is 0 Å². The number of nitrogens with two attached hydrogens (primary N) is 1. The van der Waals surface area contributed by atoms with Crippen LogP contribution in [-0.2, 0) is 5.41 Å². The van der Waals surface area contributed by atoms with E-state index in [1.54, 1.807) is 7.11 Å². The third-order valence-corrected chi connectivity index (χ3v) is 3.58. The molecule has 94 valence electrons. The Bertz CT molecular complexity index is 402. The van der Waals surface area contributed by atoms with E-state index in [1.807, 2.05) is 0 Å². The third-order valence-electron chi connectivity index (χ3n) is 3.58. The van der Waals surface area contributed by atoms with E-state index < -0.39 is 0 Å². The molecule has 1 aromatic carbocycles. The summed E-state index contributed by atoms with van der Waals surface area (Å²) in [6, 6.07) is 6.55. The normalized spacial score (nSPS) is 17.9. The molecule has 1 aliphatic carbocycles. The summed E-state index contributed by atoms with van der Waals surface area (Å²) in [5, 5.41) is 0. The van der Waals surface area contributed by atoms with Gasteiger partial charge in [0.05, 0.1) is 7.11 Å². The second kappa shape index (κ2) is 4.34. The zero-order valence-corrected chi connectivity index (χ0v) is 11.3. The van der Waals surface area contributed by atoms with Crippen LogP contribution in [0.15, 0.2) is 18.2 Å². The minimum absolute atomic E-state index is 0.132. The summed E-state index contributed by atoms with van der Waals surface area (Å²) in [5.41, 5.74) is 8.96. The minimum atomic E-state index is 0.132. The van der Waals surface area contributed by atoms with Crippen LogP contribution < -0.4 is 10.5 Å². The Labute approximate surface area is 104 Å². The Morgan fingerprint density at radius 3 is 2.41 bits per heavy atom. The molecular weight excluding hydrogens is 210 g/mol. The summed E-state index contributed by atoms with van der Waals surface area (Å²) in [4.78, 5) is 0. The van der Waals surface area contributed by atoms with Crippen LogP contribution in [0.4, 0.5) is 0 Å². The van der Waals surface area contributed by atoms with Gasteiger partial charge in [-0.05, 0) is 41.9 Å². The first-order chi connectivity index (χ1) is 7.93. The standard InChI is InChI=1S/C15H23NO/c1-15(2,3)11-7-8-13(17-4)12(9-11)14(16)10-5-6-10/h7-10,14H,5-6,16H2,1-4H3. The molecule has 1 aromatic rings. The Morgan fingerprint density at radius 1 is 1.29 bits per heavy atom. The number of hydrogen-bond acceptors (Lipinski definition) is 2. The van der Waals surface area contributed by atoms with Crippen LogP contribution in [0, 0.1) is 5.92 Å². The average molecular weight is 233 g/mol. The third kappa shape index (κ3) is 2.63. The summed E-state index contributed by atoms with van der Waals surface area (Å²) < 4.78 is 5.43. The SMILES string of the molecule is COc1ccc(C(C)(C)C)cc1C(N)C1CC1. The van der Waals surface area contributed by atoms with Gasteiger partial charge in [0, 0.05) is 11.6 Å². The summed E-state index contributed by atoms with van der Waals surface area (Å²) in [5.74, 6) is 1.58. The fourth-order valence-corrected chi connectivity index (χ4v) is 2.17. The van der Waals surface area contributed by atoms with Gasteiger partial charge < -0.3 is 10.5 Å². The molecule has 2 N–H and O–H groups in total. The van der Waals surface area contributed by atoms with E-state index in [1.165, 1.54) is 24.0 Å². The molecule has 0 saturated heterocycles. The van der Waals surface area contributed by atoms with Crippen LogP contribution in [0.25, 0.3) is 0 Å². The summed E-state index contributed by atoms with van der Waals surface area (Å²) in [6.45, 7) is 6.67. The first-order valence-corrected chi connectivity index (χ1v) is 6.37. The minimum Gasteiger partial charge on any atom is -0.496 e. The lowest BCUT2D eigenvalue weighted by Crippen LogP contribution is -2.17. The van der Waals surface area contributed by atoms with Crippen LogP contribution in [0.2, 0.25) is 0 Å². The van der Waals surface area contributed by atoms with E-state index in [0.29, 0.717) is 5.92 Å². The van der Waals surface area contributed by atoms with Crippen LogP contribution >= 0.6 is 0 Å². The van der Waals surface area contributed by atoms with E-state index in [2.05, 4.69) is 39.0 Å². The maximum absolute atomic E-state index is 6.31. The molecule has 0 aliphatic heterocycles. The monoisotopic (exact) mass is 233 g/mol. The first kappa shape index (κ1) is 12.4. The smallest absolute Gasteiger partial charge is 0.123 e. The van der Waals surface area contributed by atoms with Gasteiger partial charge in [0.25, 0.3) is 0 Å². The molecule has 2 rings (SSSR count). The predicted molar refractivity (Wildman–Crippen MR) is 71.3 cm³/mol. The molecule has 0 heterocycles. The summed E-state index contributed by atoms with van der Waals surface area (Å²) in [7, 11) is 1.72. The number of benzene rings is 1. The van der Waals surface area contributed by atoms with E-state index >= 15 is 0 Å². The molecule has 1 fully saturated rings. The second-order valence-electron chi connectivity index (χ2n) is 6.07. The zero-order valence-electron chi connectivity index (χ0n) is 11.3. The first-order valence-electron chi connectivity index (χ1n) is 6.37. The van der Waals surface area contributed by atoms with Crippen molar-refractivity contribution in [2.75, 3.05) is 7.11 Å². The fourth-order valence-electron chi connectivity index (χ4n) is 2.17. The summed E-state index contributed by atoms with van der Waals surface area (Å²) in [6.07, 6.45) is 2.51. The van der Waals surface area contributed by atoms with Gasteiger partial charge in [-0.1, -0.05) is 26.8 Å². The van der Waals surface area contributed by atoms with Crippen molar-refractivity contribution in [3.63, 3.8) is 0 Å². The lowest BCUT2D eigenvalue weighted by atomic mass is 9.85. The summed E-state index contributed by atoms with van der Waals surface area (Å²) >= 11 is 0. The van der Waals surface area contributed by atoms with Crippen molar-refractivity contribution in [3.05, 3.63) is 29.3 Å². The van der Waals surface area contributed by atoms with Crippen molar-refractivity contribution >= 4 is 0 Å². The Hall–Kier alpha value is -1.02. The molecule has 1 unspecified atom stereocenters. The van der Waals surface area contributed by atoms with Crippen LogP contribution in [0.1, 0.15) is 50.8 Å². The Kier molecular flexibility index (Phi) is 3.17. The molecule has 1 atom stereocenters. The maximum atomic E-state index is 6.31. The lowest BCUT2D eigenvalue weighted by molar-refractivity contribution is 0.402. The van der Waals surface area contributed by atoms with Crippen molar-refractivity contribution in [2.24, 2.45) is 11.7 Å². The molecule has 1 saturated carbocycles. The highest BCUT2D eigenvalue weighted by Gasteiger charge is 2.31. The van der Waals surface area contributed by atoms with Gasteiger partial charge in [0.2, 0.25) is 0 Å². The maximum Gasteiger partial charge on any atom is 0.123 e. The van der Waals surface area contributed by atoms with E-state index in [4.69, 9.17) is 10.5 Å². The highest BCUT2D eigenvalue weighted by atomic mass is 16.5. The van der Waals surface area contributed by atoms with Crippen LogP contribution in [-0.4, -0.2) is 7.11 Å². The van der Waals surface area contributed by atoms with Gasteiger partial charge >= 0.3 is 0 Å². The molecule has 0 spiro atoms. The van der Waals surface area contributed by atoms with Crippen LogP contribution in [0.5, 0.6) is 5.75 Å². The molecular formula is C15H23NO. The number of rotatable bonds is 3. The predicted octanol–water partition coefficient (Wildman–Crippen LogP) is 3.40. The quantitative estimate of drug-likeness (QED) is 0.868. The highest BCUT2D eigenvalue weighted by molar-refractivity contribution is 5.42. The van der Waals surface area contributed by atoms with E-state index in [0.717, 1.165) is 5.75 Å². The Morgan fingerprint density at radius 2 is 1.94 bits per heavy atom. The average Bonchev–Trinajstić information content (AvgIpc) is 3.09. The van der Waals surface area contributed by atoms with Crippen molar-refractivity contribution in [3.8, 4) is 5.75 Å². The van der Waals surface area contributed by atoms with E-state index in [-0.39, 0.29) is 11.5 Å². The zero-order chi connectivity index (χ0) is 12.6. The van der Waals surface area contributed by atoms with Gasteiger partial charge in [-0.15, -0.1) is 0 Å². The van der Waals surface area contributed by atoms with Gasteiger partial charge in [-0.3, -0.25) is 0 Å². The second-order valence-corrected chi connectivity index (χ2v) is 6.07. The lowest BCUT2D eigenvalue weighted by Gasteiger charge is -2.23. The Balaban J connectivity index is 2.39. The van der Waals surface area contributed by atoms with Gasteiger partial charge in [0.1, 0.15) is 5.75 Å². The molecule has 2 nitrogen and oxygen atoms in total. The number of ether oxygens (including phenoxy) is 1. The molecule has 0 amide bonds. The van der Waals surface area contributed by atoms with Crippen LogP contribution in [0.3, 0.4) is 0 Å². The molecule has 0 radical (unpaired) electrons. The molecule has 0 bridgehead atoms. The number of hydrogen-bond donors (Lipinski definition) is 1. The highest BCUT2D eigenvalue weighted by Crippen LogP contribution is 2.43. The largest absolute Gasteiger partial charge is 0.496 e. The topological polar surface area (TPSA) is 35.2 Å². The number of methoxy groups -OCH3 is 1. The molecule has 0 aromatic heterocycles. The molecule has 2 heteroatoms. The fraction of sp³-hybridized carbons (Fsp3) is 0.600. The van der Waals surface area contributed by atoms with Crippen molar-refractivity contribution in [1.82, 2.24) is 0 Å².